The van der Waals surface area contributed by atoms with Gasteiger partial charge >= 0.3 is 0 Å². The van der Waals surface area contributed by atoms with Gasteiger partial charge in [0.2, 0.25) is 0 Å². The molecule has 2 aromatic heterocycles. The molecule has 0 radical (unpaired) electrons. The Morgan fingerprint density at radius 1 is 1.21 bits per heavy atom. The highest BCUT2D eigenvalue weighted by Crippen LogP contribution is 2.32. The number of nitrogens with zero attached hydrogens (tertiary/aromatic N) is 2. The summed E-state index contributed by atoms with van der Waals surface area (Å²) >= 11 is 0. The molecule has 1 aromatic carbocycles. The molecule has 0 aliphatic heterocycles. The van der Waals surface area contributed by atoms with E-state index >= 15 is 0 Å². The monoisotopic (exact) mass is 250 g/mol. The van der Waals surface area contributed by atoms with Gasteiger partial charge in [-0.25, -0.2) is 0 Å². The number of hydrogen-bond donors (Lipinski definition) is 0. The Morgan fingerprint density at radius 2 is 2.05 bits per heavy atom. The zero-order valence-corrected chi connectivity index (χ0v) is 10.7. The van der Waals surface area contributed by atoms with Crippen LogP contribution in [-0.4, -0.2) is 15.8 Å². The Morgan fingerprint density at radius 3 is 2.74 bits per heavy atom. The molecule has 3 heteroatoms. The smallest absolute Gasteiger partial charge is 0.152 e. The number of aldehydes is 1. The fourth-order valence-corrected chi connectivity index (χ4v) is 2.59. The second-order valence-electron chi connectivity index (χ2n) is 4.38. The normalized spacial score (nSPS) is 10.8. The molecule has 0 bridgehead atoms. The van der Waals surface area contributed by atoms with Gasteiger partial charge in [0.05, 0.1) is 5.69 Å². The summed E-state index contributed by atoms with van der Waals surface area (Å²) in [6, 6.07) is 11.9. The maximum Gasteiger partial charge on any atom is 0.152 e. The van der Waals surface area contributed by atoms with Gasteiger partial charge in [-0.15, -0.1) is 0 Å². The first-order valence-electron chi connectivity index (χ1n) is 6.33. The Balaban J connectivity index is 2.43. The predicted octanol–water partition coefficient (Wildman–Crippen LogP) is 3.54. The van der Waals surface area contributed by atoms with E-state index in [1.807, 2.05) is 36.4 Å². The summed E-state index contributed by atoms with van der Waals surface area (Å²) in [5.41, 5.74) is 3.76. The van der Waals surface area contributed by atoms with Gasteiger partial charge in [-0.05, 0) is 25.1 Å². The Bertz CT molecular complexity index is 729. The van der Waals surface area contributed by atoms with E-state index in [-0.39, 0.29) is 0 Å². The van der Waals surface area contributed by atoms with Crippen LogP contribution in [0.3, 0.4) is 0 Å². The highest BCUT2D eigenvalue weighted by atomic mass is 16.1. The summed E-state index contributed by atoms with van der Waals surface area (Å²) in [5.74, 6) is 0. The number of fused-ring (bicyclic) bond motifs is 1. The standard InChI is InChI=1S/C16H14N2O/c1-2-18-15-8-4-3-7-13(15)14(11-19)16(18)12-6-5-9-17-10-12/h3-11H,2H2,1H3. The Labute approximate surface area is 111 Å². The van der Waals surface area contributed by atoms with Gasteiger partial charge in [-0.3, -0.25) is 9.78 Å². The van der Waals surface area contributed by atoms with Crippen molar-refractivity contribution in [2.24, 2.45) is 0 Å². The molecule has 0 unspecified atom stereocenters. The van der Waals surface area contributed by atoms with Crippen LogP contribution in [-0.2, 0) is 6.54 Å². The summed E-state index contributed by atoms with van der Waals surface area (Å²) in [6.45, 7) is 2.90. The fraction of sp³-hybridized carbons (Fsp3) is 0.125. The van der Waals surface area contributed by atoms with Crippen LogP contribution in [0, 0.1) is 0 Å². The largest absolute Gasteiger partial charge is 0.340 e. The highest BCUT2D eigenvalue weighted by Gasteiger charge is 2.16. The number of para-hydroxylation sites is 1. The van der Waals surface area contributed by atoms with E-state index in [9.17, 15) is 4.79 Å². The molecule has 0 fully saturated rings. The lowest BCUT2D eigenvalue weighted by Crippen LogP contribution is -1.98. The molecule has 94 valence electrons. The van der Waals surface area contributed by atoms with Gasteiger partial charge < -0.3 is 4.57 Å². The summed E-state index contributed by atoms with van der Waals surface area (Å²) in [5, 5.41) is 0.998. The van der Waals surface area contributed by atoms with Crippen LogP contribution in [0.2, 0.25) is 0 Å². The molecular formula is C16H14N2O. The van der Waals surface area contributed by atoms with Gasteiger partial charge in [-0.2, -0.15) is 0 Å². The van der Waals surface area contributed by atoms with E-state index in [0.717, 1.165) is 40.6 Å². The number of rotatable bonds is 3. The van der Waals surface area contributed by atoms with E-state index < -0.39 is 0 Å². The third-order valence-corrected chi connectivity index (χ3v) is 3.38. The minimum absolute atomic E-state index is 0.741. The molecule has 0 saturated carbocycles. The van der Waals surface area contributed by atoms with Crippen molar-refractivity contribution in [2.75, 3.05) is 0 Å². The maximum absolute atomic E-state index is 11.5. The Kier molecular flexibility index (Phi) is 2.88. The molecule has 0 spiro atoms. The van der Waals surface area contributed by atoms with Gasteiger partial charge in [0, 0.05) is 41.0 Å². The molecule has 0 aliphatic carbocycles. The zero-order chi connectivity index (χ0) is 13.2. The van der Waals surface area contributed by atoms with E-state index in [1.54, 1.807) is 12.4 Å². The molecule has 3 rings (SSSR count). The van der Waals surface area contributed by atoms with Gasteiger partial charge in [0.25, 0.3) is 0 Å². The summed E-state index contributed by atoms with van der Waals surface area (Å²) in [7, 11) is 0. The van der Waals surface area contributed by atoms with Crippen molar-refractivity contribution < 1.29 is 4.79 Å². The Hall–Kier alpha value is -2.42. The van der Waals surface area contributed by atoms with E-state index in [0.29, 0.717) is 0 Å². The first kappa shape index (κ1) is 11.7. The first-order chi connectivity index (χ1) is 9.36. The predicted molar refractivity (Wildman–Crippen MR) is 76.2 cm³/mol. The average molecular weight is 250 g/mol. The molecule has 0 aliphatic rings. The molecule has 3 aromatic rings. The van der Waals surface area contributed by atoms with Gasteiger partial charge in [0.15, 0.2) is 6.29 Å². The third-order valence-electron chi connectivity index (χ3n) is 3.38. The van der Waals surface area contributed by atoms with Crippen molar-refractivity contribution in [3.05, 3.63) is 54.4 Å². The zero-order valence-electron chi connectivity index (χ0n) is 10.7. The van der Waals surface area contributed by atoms with Gasteiger partial charge in [-0.1, -0.05) is 18.2 Å². The van der Waals surface area contributed by atoms with Crippen LogP contribution < -0.4 is 0 Å². The lowest BCUT2D eigenvalue weighted by Gasteiger charge is -2.08. The van der Waals surface area contributed by atoms with Crippen LogP contribution in [0.5, 0.6) is 0 Å². The minimum atomic E-state index is 0.741. The number of carbonyl (C=O) groups is 1. The minimum Gasteiger partial charge on any atom is -0.340 e. The summed E-state index contributed by atoms with van der Waals surface area (Å²) in [6.07, 6.45) is 4.48. The lowest BCUT2D eigenvalue weighted by atomic mass is 10.1. The topological polar surface area (TPSA) is 34.9 Å². The molecule has 19 heavy (non-hydrogen) atoms. The molecule has 0 N–H and O–H groups in total. The van der Waals surface area contributed by atoms with Crippen LogP contribution in [0.15, 0.2) is 48.8 Å². The molecule has 0 saturated heterocycles. The lowest BCUT2D eigenvalue weighted by molar-refractivity contribution is 0.112. The average Bonchev–Trinajstić information content (AvgIpc) is 2.81. The molecule has 0 atom stereocenters. The van der Waals surface area contributed by atoms with Gasteiger partial charge in [0.1, 0.15) is 0 Å². The number of carbonyl (C=O) groups excluding carboxylic acids is 1. The molecular weight excluding hydrogens is 236 g/mol. The van der Waals surface area contributed by atoms with Crippen molar-refractivity contribution in [2.45, 2.75) is 13.5 Å². The molecule has 2 heterocycles. The van der Waals surface area contributed by atoms with Crippen molar-refractivity contribution >= 4 is 17.2 Å². The number of hydrogen-bond acceptors (Lipinski definition) is 2. The first-order valence-corrected chi connectivity index (χ1v) is 6.33. The number of pyridine rings is 1. The van der Waals surface area contributed by atoms with Crippen LogP contribution in [0.25, 0.3) is 22.2 Å². The molecule has 3 nitrogen and oxygen atoms in total. The molecule has 0 amide bonds. The van der Waals surface area contributed by atoms with Crippen LogP contribution in [0.1, 0.15) is 17.3 Å². The quantitative estimate of drug-likeness (QED) is 0.666. The van der Waals surface area contributed by atoms with Crippen molar-refractivity contribution in [3.63, 3.8) is 0 Å². The summed E-state index contributed by atoms with van der Waals surface area (Å²) in [4.78, 5) is 15.7. The second-order valence-corrected chi connectivity index (χ2v) is 4.38. The summed E-state index contributed by atoms with van der Waals surface area (Å²) < 4.78 is 2.16. The second kappa shape index (κ2) is 4.69. The SMILES string of the molecule is CCn1c(-c2cccnc2)c(C=O)c2ccccc21. The van der Waals surface area contributed by atoms with Crippen molar-refractivity contribution in [1.82, 2.24) is 9.55 Å². The third kappa shape index (κ3) is 1.74. The number of aromatic nitrogens is 2. The van der Waals surface area contributed by atoms with Crippen LogP contribution >= 0.6 is 0 Å². The van der Waals surface area contributed by atoms with Crippen molar-refractivity contribution in [3.8, 4) is 11.3 Å². The fourth-order valence-electron chi connectivity index (χ4n) is 2.59. The van der Waals surface area contributed by atoms with Crippen LogP contribution in [0.4, 0.5) is 0 Å². The van der Waals surface area contributed by atoms with E-state index in [2.05, 4.69) is 16.5 Å². The number of benzene rings is 1. The highest BCUT2D eigenvalue weighted by molar-refractivity contribution is 6.04. The van der Waals surface area contributed by atoms with E-state index in [4.69, 9.17) is 0 Å². The van der Waals surface area contributed by atoms with Crippen molar-refractivity contribution in [1.29, 1.82) is 0 Å². The van der Waals surface area contributed by atoms with E-state index in [1.165, 1.54) is 0 Å². The number of aryl methyl sites for hydroxylation is 1. The maximum atomic E-state index is 11.5.